The SMILES string of the molecule is Cc1cn2c3c(cccc13)C1=CCCN(C)C1C2. The summed E-state index contributed by atoms with van der Waals surface area (Å²) in [5.41, 5.74) is 5.82. The lowest BCUT2D eigenvalue weighted by molar-refractivity contribution is 0.260. The molecule has 92 valence electrons. The van der Waals surface area contributed by atoms with Crippen molar-refractivity contribution in [1.82, 2.24) is 9.47 Å². The van der Waals surface area contributed by atoms with E-state index in [0.717, 1.165) is 6.54 Å². The minimum absolute atomic E-state index is 0.559. The normalized spacial score (nSPS) is 23.0. The van der Waals surface area contributed by atoms with Gasteiger partial charge in [-0.05, 0) is 31.5 Å². The number of benzene rings is 1. The third-order valence-electron chi connectivity index (χ3n) is 4.52. The monoisotopic (exact) mass is 238 g/mol. The van der Waals surface area contributed by atoms with Gasteiger partial charge in [-0.2, -0.15) is 0 Å². The molecule has 2 heteroatoms. The number of para-hydroxylation sites is 1. The minimum atomic E-state index is 0.559. The molecule has 2 aliphatic rings. The van der Waals surface area contributed by atoms with Crippen LogP contribution >= 0.6 is 0 Å². The van der Waals surface area contributed by atoms with Gasteiger partial charge in [0.25, 0.3) is 0 Å². The van der Waals surface area contributed by atoms with Crippen LogP contribution in [0.15, 0.2) is 30.5 Å². The zero-order chi connectivity index (χ0) is 12.3. The molecular weight excluding hydrogens is 220 g/mol. The summed E-state index contributed by atoms with van der Waals surface area (Å²) >= 11 is 0. The van der Waals surface area contributed by atoms with Crippen LogP contribution in [-0.4, -0.2) is 29.1 Å². The van der Waals surface area contributed by atoms with Crippen molar-refractivity contribution in [2.24, 2.45) is 0 Å². The highest BCUT2D eigenvalue weighted by atomic mass is 15.2. The molecule has 0 saturated heterocycles. The first-order chi connectivity index (χ1) is 8.75. The van der Waals surface area contributed by atoms with E-state index in [1.54, 1.807) is 5.57 Å². The van der Waals surface area contributed by atoms with Crippen molar-refractivity contribution in [2.75, 3.05) is 13.6 Å². The Bertz CT molecular complexity index is 663. The average Bonchev–Trinajstić information content (AvgIpc) is 2.70. The summed E-state index contributed by atoms with van der Waals surface area (Å²) in [6, 6.07) is 7.30. The smallest absolute Gasteiger partial charge is 0.0560 e. The molecule has 0 radical (unpaired) electrons. The molecule has 1 atom stereocenters. The first kappa shape index (κ1) is 10.4. The van der Waals surface area contributed by atoms with Gasteiger partial charge in [-0.15, -0.1) is 0 Å². The topological polar surface area (TPSA) is 8.17 Å². The van der Waals surface area contributed by atoms with E-state index < -0.39 is 0 Å². The maximum absolute atomic E-state index is 2.49. The fourth-order valence-electron chi connectivity index (χ4n) is 3.58. The number of fused-ring (bicyclic) bond motifs is 2. The van der Waals surface area contributed by atoms with Gasteiger partial charge in [0.1, 0.15) is 0 Å². The number of nitrogens with zero attached hydrogens (tertiary/aromatic N) is 2. The Kier molecular flexibility index (Phi) is 2.01. The minimum Gasteiger partial charge on any atom is -0.345 e. The molecule has 2 aliphatic heterocycles. The largest absolute Gasteiger partial charge is 0.345 e. The Labute approximate surface area is 108 Å². The van der Waals surface area contributed by atoms with Crippen LogP contribution < -0.4 is 0 Å². The molecule has 0 amide bonds. The van der Waals surface area contributed by atoms with Crippen molar-refractivity contribution >= 4 is 16.5 Å². The first-order valence-corrected chi connectivity index (χ1v) is 6.75. The summed E-state index contributed by atoms with van der Waals surface area (Å²) in [4.78, 5) is 2.49. The van der Waals surface area contributed by atoms with Crippen LogP contribution in [-0.2, 0) is 6.54 Å². The highest BCUT2D eigenvalue weighted by molar-refractivity contribution is 5.96. The summed E-state index contributed by atoms with van der Waals surface area (Å²) in [6.45, 7) is 4.50. The number of likely N-dealkylation sites (N-methyl/N-ethyl adjacent to an activating group) is 1. The van der Waals surface area contributed by atoms with E-state index >= 15 is 0 Å². The second-order valence-electron chi connectivity index (χ2n) is 5.61. The van der Waals surface area contributed by atoms with Crippen molar-refractivity contribution < 1.29 is 0 Å². The predicted molar refractivity (Wildman–Crippen MR) is 75.7 cm³/mol. The van der Waals surface area contributed by atoms with E-state index in [9.17, 15) is 0 Å². The van der Waals surface area contributed by atoms with Gasteiger partial charge in [-0.25, -0.2) is 0 Å². The Morgan fingerprint density at radius 1 is 1.28 bits per heavy atom. The average molecular weight is 238 g/mol. The lowest BCUT2D eigenvalue weighted by Gasteiger charge is -2.37. The third-order valence-corrected chi connectivity index (χ3v) is 4.52. The highest BCUT2D eigenvalue weighted by Crippen LogP contribution is 2.38. The van der Waals surface area contributed by atoms with Gasteiger partial charge in [0.2, 0.25) is 0 Å². The standard InChI is InChI=1S/C16H18N2/c1-11-9-18-10-15-13(7-4-8-17(15)2)14-6-3-5-12(11)16(14)18/h3,5-7,9,15H,4,8,10H2,1-2H3. The molecule has 2 aromatic rings. The van der Waals surface area contributed by atoms with Crippen LogP contribution in [0.3, 0.4) is 0 Å². The van der Waals surface area contributed by atoms with Gasteiger partial charge in [0.05, 0.1) is 11.6 Å². The van der Waals surface area contributed by atoms with Crippen LogP contribution in [0.2, 0.25) is 0 Å². The quantitative estimate of drug-likeness (QED) is 0.685. The summed E-state index contributed by atoms with van der Waals surface area (Å²) < 4.78 is 2.45. The van der Waals surface area contributed by atoms with Crippen molar-refractivity contribution in [2.45, 2.75) is 25.9 Å². The second kappa shape index (κ2) is 3.48. The first-order valence-electron chi connectivity index (χ1n) is 6.75. The van der Waals surface area contributed by atoms with Crippen LogP contribution in [0.1, 0.15) is 17.5 Å². The summed E-state index contributed by atoms with van der Waals surface area (Å²) in [7, 11) is 2.25. The molecule has 2 nitrogen and oxygen atoms in total. The molecule has 0 aliphatic carbocycles. The molecule has 0 N–H and O–H groups in total. The Hall–Kier alpha value is -1.54. The molecule has 0 fully saturated rings. The molecule has 1 unspecified atom stereocenters. The molecular formula is C16H18N2. The van der Waals surface area contributed by atoms with Gasteiger partial charge in [-0.1, -0.05) is 24.3 Å². The summed E-state index contributed by atoms with van der Waals surface area (Å²) in [5.74, 6) is 0. The molecule has 18 heavy (non-hydrogen) atoms. The van der Waals surface area contributed by atoms with E-state index in [1.807, 2.05) is 0 Å². The van der Waals surface area contributed by atoms with Crippen molar-refractivity contribution in [3.63, 3.8) is 0 Å². The van der Waals surface area contributed by atoms with Crippen molar-refractivity contribution in [3.8, 4) is 0 Å². The van der Waals surface area contributed by atoms with E-state index in [4.69, 9.17) is 0 Å². The second-order valence-corrected chi connectivity index (χ2v) is 5.61. The number of aromatic nitrogens is 1. The lowest BCUT2D eigenvalue weighted by Crippen LogP contribution is -2.41. The van der Waals surface area contributed by atoms with E-state index in [2.05, 4.69) is 53.9 Å². The Balaban J connectivity index is 2.05. The summed E-state index contributed by atoms with van der Waals surface area (Å²) in [5, 5.41) is 1.42. The maximum atomic E-state index is 2.49. The molecule has 1 aromatic heterocycles. The van der Waals surface area contributed by atoms with E-state index in [0.29, 0.717) is 6.04 Å². The lowest BCUT2D eigenvalue weighted by atomic mass is 9.89. The fourth-order valence-corrected chi connectivity index (χ4v) is 3.58. The van der Waals surface area contributed by atoms with Crippen molar-refractivity contribution in [3.05, 3.63) is 41.6 Å². The molecule has 0 bridgehead atoms. The zero-order valence-electron chi connectivity index (χ0n) is 11.0. The Morgan fingerprint density at radius 2 is 2.17 bits per heavy atom. The summed E-state index contributed by atoms with van der Waals surface area (Å²) in [6.07, 6.45) is 5.94. The Morgan fingerprint density at radius 3 is 3.06 bits per heavy atom. The number of hydrogen-bond acceptors (Lipinski definition) is 1. The molecule has 4 rings (SSSR count). The van der Waals surface area contributed by atoms with Gasteiger partial charge in [-0.3, -0.25) is 4.90 Å². The van der Waals surface area contributed by atoms with Crippen LogP contribution in [0.4, 0.5) is 0 Å². The molecule has 1 aromatic carbocycles. The van der Waals surface area contributed by atoms with Gasteiger partial charge < -0.3 is 4.57 Å². The zero-order valence-corrected chi connectivity index (χ0v) is 11.0. The van der Waals surface area contributed by atoms with E-state index in [1.165, 1.54) is 35.0 Å². The molecule has 3 heterocycles. The van der Waals surface area contributed by atoms with Crippen molar-refractivity contribution in [1.29, 1.82) is 0 Å². The predicted octanol–water partition coefficient (Wildman–Crippen LogP) is 3.05. The van der Waals surface area contributed by atoms with Gasteiger partial charge in [0.15, 0.2) is 0 Å². The fraction of sp³-hybridized carbons (Fsp3) is 0.375. The molecule has 0 saturated carbocycles. The van der Waals surface area contributed by atoms with Crippen LogP contribution in [0, 0.1) is 6.92 Å². The highest BCUT2D eigenvalue weighted by Gasteiger charge is 2.30. The van der Waals surface area contributed by atoms with Gasteiger partial charge >= 0.3 is 0 Å². The van der Waals surface area contributed by atoms with Crippen LogP contribution in [0.5, 0.6) is 0 Å². The van der Waals surface area contributed by atoms with E-state index in [-0.39, 0.29) is 0 Å². The number of hydrogen-bond donors (Lipinski definition) is 0. The number of aryl methyl sites for hydroxylation is 1. The third kappa shape index (κ3) is 1.21. The number of rotatable bonds is 0. The van der Waals surface area contributed by atoms with Gasteiger partial charge in [0, 0.05) is 30.2 Å². The maximum Gasteiger partial charge on any atom is 0.0560 e. The molecule has 0 spiro atoms. The van der Waals surface area contributed by atoms with Crippen LogP contribution in [0.25, 0.3) is 16.5 Å².